The average molecular weight is 253 g/mol. The van der Waals surface area contributed by atoms with E-state index in [1.807, 2.05) is 0 Å². The van der Waals surface area contributed by atoms with Crippen LogP contribution in [-0.4, -0.2) is 18.2 Å². The van der Waals surface area contributed by atoms with Gasteiger partial charge in [-0.2, -0.15) is 0 Å². The van der Waals surface area contributed by atoms with Gasteiger partial charge in [0.1, 0.15) is 23.5 Å². The zero-order chi connectivity index (χ0) is 12.5. The van der Waals surface area contributed by atoms with E-state index in [4.69, 9.17) is 4.74 Å². The first-order valence-corrected chi connectivity index (χ1v) is 6.58. The van der Waals surface area contributed by atoms with Crippen LogP contribution in [-0.2, 0) is 0 Å². The Morgan fingerprint density at radius 3 is 2.22 bits per heavy atom. The highest BCUT2D eigenvalue weighted by atomic mass is 19.1. The van der Waals surface area contributed by atoms with Crippen molar-refractivity contribution in [3.8, 4) is 5.75 Å². The fourth-order valence-electron chi connectivity index (χ4n) is 3.10. The quantitative estimate of drug-likeness (QED) is 0.874. The summed E-state index contributed by atoms with van der Waals surface area (Å²) in [5, 5.41) is 3.56. The van der Waals surface area contributed by atoms with E-state index in [2.05, 4.69) is 5.32 Å². The summed E-state index contributed by atoms with van der Waals surface area (Å²) in [4.78, 5) is 0. The third-order valence-corrected chi connectivity index (χ3v) is 3.81. The Morgan fingerprint density at radius 1 is 1.00 bits per heavy atom. The molecule has 0 spiro atoms. The summed E-state index contributed by atoms with van der Waals surface area (Å²) >= 11 is 0. The molecule has 0 aromatic heterocycles. The molecule has 3 atom stereocenters. The van der Waals surface area contributed by atoms with E-state index in [-0.39, 0.29) is 6.10 Å². The van der Waals surface area contributed by atoms with E-state index in [0.29, 0.717) is 17.8 Å². The Bertz CT molecular complexity index is 406. The van der Waals surface area contributed by atoms with Crippen LogP contribution in [0.25, 0.3) is 0 Å². The van der Waals surface area contributed by atoms with Crippen molar-refractivity contribution < 1.29 is 13.5 Å². The van der Waals surface area contributed by atoms with Crippen molar-refractivity contribution in [3.05, 3.63) is 29.8 Å². The van der Waals surface area contributed by atoms with Gasteiger partial charge in [-0.15, -0.1) is 0 Å². The lowest BCUT2D eigenvalue weighted by Crippen LogP contribution is -2.51. The van der Waals surface area contributed by atoms with Crippen LogP contribution in [0.3, 0.4) is 0 Å². The second kappa shape index (κ2) is 4.84. The molecule has 0 radical (unpaired) electrons. The van der Waals surface area contributed by atoms with Crippen LogP contribution >= 0.6 is 0 Å². The molecule has 2 saturated heterocycles. The molecular weight excluding hydrogens is 236 g/mol. The van der Waals surface area contributed by atoms with Crippen LogP contribution < -0.4 is 10.1 Å². The number of rotatable bonds is 2. The molecule has 2 nitrogen and oxygen atoms in total. The first-order valence-electron chi connectivity index (χ1n) is 6.58. The highest BCUT2D eigenvalue weighted by Gasteiger charge is 2.32. The number of fused-ring (bicyclic) bond motifs is 2. The molecule has 0 saturated carbocycles. The molecule has 2 heterocycles. The Morgan fingerprint density at radius 2 is 1.61 bits per heavy atom. The van der Waals surface area contributed by atoms with Gasteiger partial charge in [-0.05, 0) is 25.7 Å². The fraction of sp³-hybridized carbons (Fsp3) is 0.571. The van der Waals surface area contributed by atoms with Gasteiger partial charge < -0.3 is 10.1 Å². The Labute approximate surface area is 105 Å². The van der Waals surface area contributed by atoms with Gasteiger partial charge in [-0.25, -0.2) is 8.78 Å². The summed E-state index contributed by atoms with van der Waals surface area (Å²) in [6.45, 7) is 0. The molecule has 2 aliphatic heterocycles. The minimum Gasteiger partial charge on any atom is -0.490 e. The molecular formula is C14H17F2NO. The van der Waals surface area contributed by atoms with Crippen molar-refractivity contribution in [1.82, 2.24) is 5.32 Å². The zero-order valence-corrected chi connectivity index (χ0v) is 10.2. The van der Waals surface area contributed by atoms with E-state index < -0.39 is 11.6 Å². The van der Waals surface area contributed by atoms with Gasteiger partial charge in [0.15, 0.2) is 0 Å². The van der Waals surface area contributed by atoms with E-state index in [9.17, 15) is 8.78 Å². The third-order valence-electron chi connectivity index (χ3n) is 3.81. The van der Waals surface area contributed by atoms with Crippen LogP contribution in [0.15, 0.2) is 18.2 Å². The Kier molecular flexibility index (Phi) is 3.20. The van der Waals surface area contributed by atoms with Gasteiger partial charge in [-0.3, -0.25) is 0 Å². The van der Waals surface area contributed by atoms with E-state index in [0.717, 1.165) is 18.9 Å². The average Bonchev–Trinajstić information content (AvgIpc) is 2.26. The third kappa shape index (κ3) is 2.64. The molecule has 2 aliphatic rings. The van der Waals surface area contributed by atoms with Crippen LogP contribution in [0.4, 0.5) is 8.78 Å². The summed E-state index contributed by atoms with van der Waals surface area (Å²) < 4.78 is 31.9. The molecule has 1 aromatic rings. The molecule has 3 rings (SSSR count). The maximum atomic E-state index is 13.1. The molecule has 0 aliphatic carbocycles. The minimum atomic E-state index is -0.584. The maximum absolute atomic E-state index is 13.1. The molecule has 4 heteroatoms. The highest BCUT2D eigenvalue weighted by molar-refractivity contribution is 5.24. The van der Waals surface area contributed by atoms with Gasteiger partial charge in [0.25, 0.3) is 0 Å². The van der Waals surface area contributed by atoms with Gasteiger partial charge in [0.2, 0.25) is 0 Å². The number of halogens is 2. The van der Waals surface area contributed by atoms with Gasteiger partial charge >= 0.3 is 0 Å². The summed E-state index contributed by atoms with van der Waals surface area (Å²) in [6, 6.07) is 4.37. The molecule has 2 bridgehead atoms. The summed E-state index contributed by atoms with van der Waals surface area (Å²) in [6.07, 6.45) is 5.54. The van der Waals surface area contributed by atoms with Crippen LogP contribution in [0.2, 0.25) is 0 Å². The highest BCUT2D eigenvalue weighted by Crippen LogP contribution is 2.29. The second-order valence-electron chi connectivity index (χ2n) is 5.31. The predicted molar refractivity (Wildman–Crippen MR) is 64.6 cm³/mol. The largest absolute Gasteiger partial charge is 0.490 e. The molecule has 18 heavy (non-hydrogen) atoms. The number of hydrogen-bond donors (Lipinski definition) is 1. The molecule has 2 fully saturated rings. The lowest BCUT2D eigenvalue weighted by Gasteiger charge is -2.40. The Hall–Kier alpha value is -1.16. The molecule has 0 unspecified atom stereocenters. The fourth-order valence-corrected chi connectivity index (χ4v) is 3.10. The number of nitrogens with one attached hydrogen (secondary N) is 1. The summed E-state index contributed by atoms with van der Waals surface area (Å²) in [5.41, 5.74) is 0. The van der Waals surface area contributed by atoms with Crippen molar-refractivity contribution in [2.24, 2.45) is 0 Å². The van der Waals surface area contributed by atoms with Crippen molar-refractivity contribution in [2.45, 2.75) is 50.3 Å². The predicted octanol–water partition coefficient (Wildman–Crippen LogP) is 3.02. The first kappa shape index (κ1) is 11.9. The first-order chi connectivity index (χ1) is 8.69. The van der Waals surface area contributed by atoms with Gasteiger partial charge in [0.05, 0.1) is 0 Å². The lowest BCUT2D eigenvalue weighted by molar-refractivity contribution is 0.0922. The zero-order valence-electron chi connectivity index (χ0n) is 10.2. The van der Waals surface area contributed by atoms with Gasteiger partial charge in [0, 0.05) is 30.3 Å². The molecule has 0 amide bonds. The van der Waals surface area contributed by atoms with Crippen LogP contribution in [0.1, 0.15) is 32.1 Å². The number of hydrogen-bond acceptors (Lipinski definition) is 2. The second-order valence-corrected chi connectivity index (χ2v) is 5.31. The standard InChI is InChI=1S/C14H17F2NO/c15-9-4-10(16)6-13(5-9)18-14-7-11-2-1-3-12(8-14)17-11/h4-6,11-12,14,17H,1-3,7-8H2/t11-,12+,14-. The lowest BCUT2D eigenvalue weighted by atomic mass is 9.85. The smallest absolute Gasteiger partial charge is 0.129 e. The number of ether oxygens (including phenoxy) is 1. The van der Waals surface area contributed by atoms with Crippen molar-refractivity contribution in [1.29, 1.82) is 0 Å². The van der Waals surface area contributed by atoms with E-state index >= 15 is 0 Å². The van der Waals surface area contributed by atoms with Crippen molar-refractivity contribution >= 4 is 0 Å². The maximum Gasteiger partial charge on any atom is 0.129 e. The minimum absolute atomic E-state index is 0.0720. The normalized spacial score (nSPS) is 31.1. The van der Waals surface area contributed by atoms with Crippen LogP contribution in [0, 0.1) is 11.6 Å². The van der Waals surface area contributed by atoms with E-state index in [1.165, 1.54) is 31.4 Å². The van der Waals surface area contributed by atoms with Crippen molar-refractivity contribution in [2.75, 3.05) is 0 Å². The van der Waals surface area contributed by atoms with Gasteiger partial charge in [-0.1, -0.05) is 6.42 Å². The number of benzene rings is 1. The van der Waals surface area contributed by atoms with E-state index in [1.54, 1.807) is 0 Å². The molecule has 1 N–H and O–H groups in total. The Balaban J connectivity index is 1.68. The monoisotopic (exact) mass is 253 g/mol. The number of piperidine rings is 2. The topological polar surface area (TPSA) is 21.3 Å². The summed E-state index contributed by atoms with van der Waals surface area (Å²) in [5.74, 6) is -0.865. The SMILES string of the molecule is Fc1cc(F)cc(O[C@@H]2C[C@H]3CCC[C@@H](C2)N3)c1. The molecule has 98 valence electrons. The van der Waals surface area contributed by atoms with Crippen molar-refractivity contribution in [3.63, 3.8) is 0 Å². The molecule has 1 aromatic carbocycles. The van der Waals surface area contributed by atoms with Crippen LogP contribution in [0.5, 0.6) is 5.75 Å². The summed E-state index contributed by atoms with van der Waals surface area (Å²) in [7, 11) is 0.